The normalized spacial score (nSPS) is 28.8. The Morgan fingerprint density at radius 3 is 2.50 bits per heavy atom. The van der Waals surface area contributed by atoms with Crippen LogP contribution in [0.1, 0.15) is 59.8 Å². The average molecular weight is 284 g/mol. The Hall–Kier alpha value is -1.10. The first-order valence-electron chi connectivity index (χ1n) is 7.37. The van der Waals surface area contributed by atoms with Crippen molar-refractivity contribution >= 4 is 11.9 Å². The lowest BCUT2D eigenvalue weighted by Crippen LogP contribution is -2.57. The van der Waals surface area contributed by atoms with Crippen molar-refractivity contribution in [3.8, 4) is 0 Å². The molecule has 20 heavy (non-hydrogen) atoms. The van der Waals surface area contributed by atoms with Gasteiger partial charge in [0.05, 0.1) is 0 Å². The van der Waals surface area contributed by atoms with Gasteiger partial charge in [0.1, 0.15) is 5.54 Å². The molecule has 1 aliphatic carbocycles. The summed E-state index contributed by atoms with van der Waals surface area (Å²) in [6.45, 7) is 7.95. The number of carbonyl (C=O) groups is 2. The quantitative estimate of drug-likeness (QED) is 0.735. The summed E-state index contributed by atoms with van der Waals surface area (Å²) >= 11 is 0. The Balaban J connectivity index is 2.72. The van der Waals surface area contributed by atoms with Gasteiger partial charge < -0.3 is 16.2 Å². The maximum Gasteiger partial charge on any atom is 0.329 e. The molecule has 0 aromatic heterocycles. The Morgan fingerprint density at radius 1 is 1.45 bits per heavy atom. The molecule has 5 heteroatoms. The average Bonchev–Trinajstić information content (AvgIpc) is 2.26. The van der Waals surface area contributed by atoms with Crippen LogP contribution in [0.25, 0.3) is 0 Å². The van der Waals surface area contributed by atoms with Gasteiger partial charge in [-0.05, 0) is 24.2 Å². The van der Waals surface area contributed by atoms with Gasteiger partial charge in [-0.1, -0.05) is 40.5 Å². The molecule has 0 aromatic carbocycles. The summed E-state index contributed by atoms with van der Waals surface area (Å²) < 4.78 is 0. The summed E-state index contributed by atoms with van der Waals surface area (Å²) in [5, 5.41) is 12.3. The first-order valence-corrected chi connectivity index (χ1v) is 7.37. The van der Waals surface area contributed by atoms with E-state index in [1.165, 1.54) is 0 Å². The third-order valence-corrected chi connectivity index (χ3v) is 4.30. The highest BCUT2D eigenvalue weighted by atomic mass is 16.4. The topological polar surface area (TPSA) is 92.4 Å². The first kappa shape index (κ1) is 17.0. The van der Waals surface area contributed by atoms with E-state index in [2.05, 4.69) is 5.32 Å². The monoisotopic (exact) mass is 284 g/mol. The Labute approximate surface area is 121 Å². The molecule has 0 spiro atoms. The van der Waals surface area contributed by atoms with Crippen LogP contribution in [0.5, 0.6) is 0 Å². The molecule has 0 aliphatic heterocycles. The molecule has 1 rings (SSSR count). The van der Waals surface area contributed by atoms with E-state index >= 15 is 0 Å². The second kappa shape index (κ2) is 6.12. The largest absolute Gasteiger partial charge is 0.480 e. The zero-order valence-corrected chi connectivity index (χ0v) is 13.0. The van der Waals surface area contributed by atoms with Crippen LogP contribution < -0.4 is 11.1 Å². The van der Waals surface area contributed by atoms with E-state index in [-0.39, 0.29) is 23.8 Å². The number of hydrogen-bond acceptors (Lipinski definition) is 3. The molecular formula is C15H28N2O3. The van der Waals surface area contributed by atoms with Crippen LogP contribution in [0, 0.1) is 11.3 Å². The van der Waals surface area contributed by atoms with Crippen LogP contribution in [-0.4, -0.2) is 28.6 Å². The number of carbonyl (C=O) groups excluding carboxylic acids is 1. The highest BCUT2D eigenvalue weighted by molar-refractivity contribution is 5.87. The van der Waals surface area contributed by atoms with Gasteiger partial charge in [-0.15, -0.1) is 0 Å². The lowest BCUT2D eigenvalue weighted by Gasteiger charge is -2.37. The number of rotatable bonds is 4. The van der Waals surface area contributed by atoms with Gasteiger partial charge in [-0.2, -0.15) is 0 Å². The van der Waals surface area contributed by atoms with Crippen LogP contribution in [0.3, 0.4) is 0 Å². The van der Waals surface area contributed by atoms with Crippen molar-refractivity contribution in [3.63, 3.8) is 0 Å². The molecule has 1 fully saturated rings. The second-order valence-corrected chi connectivity index (χ2v) is 7.31. The first-order chi connectivity index (χ1) is 9.07. The number of hydrogen-bond donors (Lipinski definition) is 3. The lowest BCUT2D eigenvalue weighted by atomic mass is 9.76. The van der Waals surface area contributed by atoms with Crippen molar-refractivity contribution < 1.29 is 14.7 Å². The zero-order valence-electron chi connectivity index (χ0n) is 13.0. The van der Waals surface area contributed by atoms with E-state index in [9.17, 15) is 14.7 Å². The molecule has 3 atom stereocenters. The number of nitrogens with one attached hydrogen (secondary N) is 1. The van der Waals surface area contributed by atoms with E-state index in [0.717, 1.165) is 12.8 Å². The molecule has 116 valence electrons. The number of nitrogens with two attached hydrogens (primary N) is 1. The molecule has 0 saturated heterocycles. The highest BCUT2D eigenvalue weighted by Gasteiger charge is 2.43. The Kier molecular flexibility index (Phi) is 5.19. The predicted octanol–water partition coefficient (Wildman–Crippen LogP) is 1.90. The minimum absolute atomic E-state index is 0.160. The Morgan fingerprint density at radius 2 is 2.05 bits per heavy atom. The summed E-state index contributed by atoms with van der Waals surface area (Å²) in [6.07, 6.45) is 3.01. The second-order valence-electron chi connectivity index (χ2n) is 7.31. The third kappa shape index (κ3) is 4.20. The van der Waals surface area contributed by atoms with Gasteiger partial charge in [-0.3, -0.25) is 4.79 Å². The SMILES string of the molecule is CC1CCCC(NC(=O)CC(N)C(C)(C)C)(C(=O)O)C1. The van der Waals surface area contributed by atoms with E-state index in [4.69, 9.17) is 5.73 Å². The molecule has 1 saturated carbocycles. The van der Waals surface area contributed by atoms with Crippen molar-refractivity contribution in [2.75, 3.05) is 0 Å². The molecule has 1 amide bonds. The maximum absolute atomic E-state index is 12.1. The van der Waals surface area contributed by atoms with Gasteiger partial charge in [-0.25, -0.2) is 4.79 Å². The summed E-state index contributed by atoms with van der Waals surface area (Å²) in [6, 6.07) is -0.283. The van der Waals surface area contributed by atoms with Gasteiger partial charge in [0.15, 0.2) is 0 Å². The van der Waals surface area contributed by atoms with Crippen LogP contribution in [0.4, 0.5) is 0 Å². The van der Waals surface area contributed by atoms with E-state index in [0.29, 0.717) is 18.8 Å². The fourth-order valence-electron chi connectivity index (χ4n) is 2.74. The van der Waals surface area contributed by atoms with Crippen molar-refractivity contribution in [2.24, 2.45) is 17.1 Å². The molecule has 0 bridgehead atoms. The molecule has 0 heterocycles. The molecule has 0 radical (unpaired) electrons. The van der Waals surface area contributed by atoms with Crippen molar-refractivity contribution in [2.45, 2.75) is 71.4 Å². The van der Waals surface area contributed by atoms with Crippen molar-refractivity contribution in [1.29, 1.82) is 0 Å². The minimum Gasteiger partial charge on any atom is -0.480 e. The third-order valence-electron chi connectivity index (χ3n) is 4.30. The van der Waals surface area contributed by atoms with E-state index in [1.807, 2.05) is 27.7 Å². The minimum atomic E-state index is -1.10. The van der Waals surface area contributed by atoms with E-state index in [1.54, 1.807) is 0 Å². The summed E-state index contributed by atoms with van der Waals surface area (Å²) in [5.74, 6) is -0.873. The van der Waals surface area contributed by atoms with Gasteiger partial charge in [0.2, 0.25) is 5.91 Å². The number of aliphatic carboxylic acids is 1. The fourth-order valence-corrected chi connectivity index (χ4v) is 2.74. The van der Waals surface area contributed by atoms with Crippen LogP contribution >= 0.6 is 0 Å². The number of amides is 1. The summed E-state index contributed by atoms with van der Waals surface area (Å²) in [5.41, 5.74) is 4.72. The molecule has 4 N–H and O–H groups in total. The van der Waals surface area contributed by atoms with Crippen LogP contribution in [0.15, 0.2) is 0 Å². The summed E-state index contributed by atoms with van der Waals surface area (Å²) in [4.78, 5) is 23.7. The van der Waals surface area contributed by atoms with Gasteiger partial charge in [0, 0.05) is 12.5 Å². The van der Waals surface area contributed by atoms with Crippen LogP contribution in [0.2, 0.25) is 0 Å². The molecular weight excluding hydrogens is 256 g/mol. The summed E-state index contributed by atoms with van der Waals surface area (Å²) in [7, 11) is 0. The van der Waals surface area contributed by atoms with Gasteiger partial charge >= 0.3 is 5.97 Å². The Bertz CT molecular complexity index is 376. The molecule has 5 nitrogen and oxygen atoms in total. The fraction of sp³-hybridized carbons (Fsp3) is 0.867. The molecule has 1 aliphatic rings. The smallest absolute Gasteiger partial charge is 0.329 e. The maximum atomic E-state index is 12.1. The highest BCUT2D eigenvalue weighted by Crippen LogP contribution is 2.33. The standard InChI is InChI=1S/C15H28N2O3/c1-10-6-5-7-15(9-10,13(19)20)17-12(18)8-11(16)14(2,3)4/h10-11H,5-9,16H2,1-4H3,(H,17,18)(H,19,20). The van der Waals surface area contributed by atoms with Crippen molar-refractivity contribution in [1.82, 2.24) is 5.32 Å². The lowest BCUT2D eigenvalue weighted by molar-refractivity contribution is -0.150. The zero-order chi connectivity index (χ0) is 15.6. The molecule has 0 aromatic rings. The van der Waals surface area contributed by atoms with Gasteiger partial charge in [0.25, 0.3) is 0 Å². The predicted molar refractivity (Wildman–Crippen MR) is 78.2 cm³/mol. The van der Waals surface area contributed by atoms with Crippen LogP contribution in [-0.2, 0) is 9.59 Å². The van der Waals surface area contributed by atoms with E-state index < -0.39 is 11.5 Å². The van der Waals surface area contributed by atoms with Crippen molar-refractivity contribution in [3.05, 3.63) is 0 Å². The number of carboxylic acid groups (broad SMARTS) is 1. The molecule has 3 unspecified atom stereocenters. The number of carboxylic acids is 1.